The van der Waals surface area contributed by atoms with Crippen LogP contribution in [-0.2, 0) is 0 Å². The molecule has 1 aromatic rings. The van der Waals surface area contributed by atoms with Crippen molar-refractivity contribution in [3.63, 3.8) is 0 Å². The minimum atomic E-state index is -0.153. The number of benzene rings is 1. The number of carbonyl (C=O) groups excluding carboxylic acids is 1. The number of para-hydroxylation sites is 2. The SMILES string of the molecule is O=C(NCCN1CCCC1)NC[C@@H]1COc2ccccc2O1. The lowest BCUT2D eigenvalue weighted by atomic mass is 10.2. The minimum absolute atomic E-state index is 0.151. The lowest BCUT2D eigenvalue weighted by molar-refractivity contribution is 0.0918. The summed E-state index contributed by atoms with van der Waals surface area (Å²) in [6.45, 7) is 4.78. The molecule has 0 aliphatic carbocycles. The Morgan fingerprint density at radius 2 is 1.95 bits per heavy atom. The number of nitrogens with one attached hydrogen (secondary N) is 2. The van der Waals surface area contributed by atoms with Crippen molar-refractivity contribution in [3.05, 3.63) is 24.3 Å². The zero-order valence-electron chi connectivity index (χ0n) is 12.7. The molecule has 2 heterocycles. The van der Waals surface area contributed by atoms with Crippen LogP contribution in [0.2, 0.25) is 0 Å². The number of likely N-dealkylation sites (tertiary alicyclic amines) is 1. The van der Waals surface area contributed by atoms with Crippen molar-refractivity contribution in [2.24, 2.45) is 0 Å². The van der Waals surface area contributed by atoms with Crippen LogP contribution < -0.4 is 20.1 Å². The molecule has 2 amide bonds. The summed E-state index contributed by atoms with van der Waals surface area (Å²) in [5.74, 6) is 1.49. The average Bonchev–Trinajstić information content (AvgIpc) is 3.06. The molecule has 1 fully saturated rings. The van der Waals surface area contributed by atoms with Gasteiger partial charge >= 0.3 is 6.03 Å². The van der Waals surface area contributed by atoms with E-state index in [2.05, 4.69) is 15.5 Å². The maximum absolute atomic E-state index is 11.8. The van der Waals surface area contributed by atoms with Crippen molar-refractivity contribution in [3.8, 4) is 11.5 Å². The first kappa shape index (κ1) is 15.0. The fourth-order valence-electron chi connectivity index (χ4n) is 2.77. The van der Waals surface area contributed by atoms with Crippen LogP contribution in [0.1, 0.15) is 12.8 Å². The number of nitrogens with zero attached hydrogens (tertiary/aromatic N) is 1. The lowest BCUT2D eigenvalue weighted by Crippen LogP contribution is -2.45. The monoisotopic (exact) mass is 305 g/mol. The predicted octanol–water partition coefficient (Wildman–Crippen LogP) is 1.22. The third-order valence-corrected chi connectivity index (χ3v) is 3.97. The maximum Gasteiger partial charge on any atom is 0.314 e. The molecule has 0 radical (unpaired) electrons. The number of hydrogen-bond acceptors (Lipinski definition) is 4. The summed E-state index contributed by atoms with van der Waals surface area (Å²) in [6.07, 6.45) is 2.39. The number of fused-ring (bicyclic) bond motifs is 1. The first-order valence-electron chi connectivity index (χ1n) is 7.94. The van der Waals surface area contributed by atoms with E-state index in [1.807, 2.05) is 24.3 Å². The summed E-state index contributed by atoms with van der Waals surface area (Å²) in [6, 6.07) is 7.42. The van der Waals surface area contributed by atoms with E-state index < -0.39 is 0 Å². The second-order valence-corrected chi connectivity index (χ2v) is 5.68. The van der Waals surface area contributed by atoms with E-state index in [1.165, 1.54) is 12.8 Å². The third-order valence-electron chi connectivity index (χ3n) is 3.97. The number of ether oxygens (including phenoxy) is 2. The Labute approximate surface area is 130 Å². The summed E-state index contributed by atoms with van der Waals surface area (Å²) in [4.78, 5) is 14.1. The Balaban J connectivity index is 1.33. The highest BCUT2D eigenvalue weighted by atomic mass is 16.6. The van der Waals surface area contributed by atoms with Gasteiger partial charge in [-0.05, 0) is 38.1 Å². The van der Waals surface area contributed by atoms with Gasteiger partial charge in [-0.15, -0.1) is 0 Å². The molecule has 0 bridgehead atoms. The Morgan fingerprint density at radius 1 is 1.18 bits per heavy atom. The molecule has 1 saturated heterocycles. The predicted molar refractivity (Wildman–Crippen MR) is 83.4 cm³/mol. The highest BCUT2D eigenvalue weighted by Crippen LogP contribution is 2.30. The van der Waals surface area contributed by atoms with Crippen molar-refractivity contribution in [2.45, 2.75) is 18.9 Å². The van der Waals surface area contributed by atoms with Gasteiger partial charge in [-0.2, -0.15) is 0 Å². The maximum atomic E-state index is 11.8. The summed E-state index contributed by atoms with van der Waals surface area (Å²) < 4.78 is 11.4. The van der Waals surface area contributed by atoms with Gasteiger partial charge in [0.25, 0.3) is 0 Å². The van der Waals surface area contributed by atoms with E-state index in [4.69, 9.17) is 9.47 Å². The van der Waals surface area contributed by atoms with E-state index in [-0.39, 0.29) is 12.1 Å². The molecule has 120 valence electrons. The molecule has 1 aromatic carbocycles. The summed E-state index contributed by atoms with van der Waals surface area (Å²) in [5.41, 5.74) is 0. The van der Waals surface area contributed by atoms with Crippen molar-refractivity contribution >= 4 is 6.03 Å². The number of amides is 2. The molecule has 6 nitrogen and oxygen atoms in total. The second-order valence-electron chi connectivity index (χ2n) is 5.68. The molecule has 0 saturated carbocycles. The van der Waals surface area contributed by atoms with Crippen LogP contribution in [0, 0.1) is 0 Å². The van der Waals surface area contributed by atoms with Gasteiger partial charge in [0.1, 0.15) is 6.61 Å². The standard InChI is InChI=1S/C16H23N3O3/c20-16(17-7-10-19-8-3-4-9-19)18-11-13-12-21-14-5-1-2-6-15(14)22-13/h1-2,5-6,13H,3-4,7-12H2,(H2,17,18,20)/t13-/m1/s1. The number of hydrogen-bond donors (Lipinski definition) is 2. The van der Waals surface area contributed by atoms with Crippen LogP contribution >= 0.6 is 0 Å². The highest BCUT2D eigenvalue weighted by Gasteiger charge is 2.21. The van der Waals surface area contributed by atoms with Crippen LogP contribution in [0.5, 0.6) is 11.5 Å². The van der Waals surface area contributed by atoms with Crippen LogP contribution in [0.25, 0.3) is 0 Å². The molecule has 2 N–H and O–H groups in total. The molecular formula is C16H23N3O3. The Kier molecular flexibility index (Phi) is 5.00. The van der Waals surface area contributed by atoms with Crippen LogP contribution in [0.3, 0.4) is 0 Å². The Morgan fingerprint density at radius 3 is 2.77 bits per heavy atom. The van der Waals surface area contributed by atoms with E-state index in [9.17, 15) is 4.79 Å². The number of rotatable bonds is 5. The van der Waals surface area contributed by atoms with Gasteiger partial charge in [0, 0.05) is 13.1 Å². The zero-order valence-corrected chi connectivity index (χ0v) is 12.7. The number of carbonyl (C=O) groups is 1. The topological polar surface area (TPSA) is 62.8 Å². The molecule has 2 aliphatic heterocycles. The molecule has 0 unspecified atom stereocenters. The Hall–Kier alpha value is -1.95. The molecular weight excluding hydrogens is 282 g/mol. The Bertz CT molecular complexity index is 503. The van der Waals surface area contributed by atoms with E-state index in [1.54, 1.807) is 0 Å². The van der Waals surface area contributed by atoms with Gasteiger partial charge in [0.05, 0.1) is 6.54 Å². The molecule has 1 atom stereocenters. The minimum Gasteiger partial charge on any atom is -0.486 e. The van der Waals surface area contributed by atoms with Gasteiger partial charge < -0.3 is 25.0 Å². The quantitative estimate of drug-likeness (QED) is 0.859. The van der Waals surface area contributed by atoms with Gasteiger partial charge in [0.2, 0.25) is 0 Å². The summed E-state index contributed by atoms with van der Waals surface area (Å²) in [7, 11) is 0. The van der Waals surface area contributed by atoms with Crippen molar-refractivity contribution in [1.82, 2.24) is 15.5 Å². The van der Waals surface area contributed by atoms with Crippen LogP contribution in [0.4, 0.5) is 4.79 Å². The molecule has 3 rings (SSSR count). The van der Waals surface area contributed by atoms with Crippen molar-refractivity contribution in [1.29, 1.82) is 0 Å². The molecule has 0 aromatic heterocycles. The summed E-state index contributed by atoms with van der Waals surface area (Å²) >= 11 is 0. The van der Waals surface area contributed by atoms with E-state index in [0.717, 1.165) is 31.1 Å². The largest absolute Gasteiger partial charge is 0.486 e. The van der Waals surface area contributed by atoms with Crippen molar-refractivity contribution < 1.29 is 14.3 Å². The van der Waals surface area contributed by atoms with Gasteiger partial charge in [-0.25, -0.2) is 4.79 Å². The number of urea groups is 1. The first-order valence-corrected chi connectivity index (χ1v) is 7.94. The average molecular weight is 305 g/mol. The lowest BCUT2D eigenvalue weighted by Gasteiger charge is -2.26. The van der Waals surface area contributed by atoms with Crippen LogP contribution in [-0.4, -0.2) is 56.4 Å². The second kappa shape index (κ2) is 7.35. The van der Waals surface area contributed by atoms with Crippen molar-refractivity contribution in [2.75, 3.05) is 39.3 Å². The molecule has 6 heteroatoms. The normalized spacial score (nSPS) is 20.6. The fraction of sp³-hybridized carbons (Fsp3) is 0.562. The highest BCUT2D eigenvalue weighted by molar-refractivity contribution is 5.73. The fourth-order valence-corrected chi connectivity index (χ4v) is 2.77. The smallest absolute Gasteiger partial charge is 0.314 e. The van der Waals surface area contributed by atoms with Gasteiger partial charge in [-0.3, -0.25) is 0 Å². The van der Waals surface area contributed by atoms with E-state index >= 15 is 0 Å². The zero-order chi connectivity index (χ0) is 15.2. The van der Waals surface area contributed by atoms with Gasteiger partial charge in [0.15, 0.2) is 17.6 Å². The van der Waals surface area contributed by atoms with Crippen LogP contribution in [0.15, 0.2) is 24.3 Å². The molecule has 0 spiro atoms. The van der Waals surface area contributed by atoms with Gasteiger partial charge in [-0.1, -0.05) is 12.1 Å². The third kappa shape index (κ3) is 4.04. The molecule has 22 heavy (non-hydrogen) atoms. The summed E-state index contributed by atoms with van der Waals surface area (Å²) in [5, 5.41) is 5.72. The van der Waals surface area contributed by atoms with E-state index in [0.29, 0.717) is 19.7 Å². The molecule has 2 aliphatic rings. The first-order chi connectivity index (χ1) is 10.8.